The van der Waals surface area contributed by atoms with E-state index in [9.17, 15) is 4.79 Å². The molecule has 1 aliphatic rings. The van der Waals surface area contributed by atoms with E-state index >= 15 is 0 Å². The highest BCUT2D eigenvalue weighted by Gasteiger charge is 2.09. The largest absolute Gasteiger partial charge is 0.356 e. The maximum Gasteiger partial charge on any atom is 0.222 e. The number of rotatable bonds is 5. The molecule has 0 atom stereocenters. The lowest BCUT2D eigenvalue weighted by molar-refractivity contribution is -0.123. The van der Waals surface area contributed by atoms with Crippen molar-refractivity contribution < 1.29 is 4.79 Å². The minimum atomic E-state index is 0.109. The van der Waals surface area contributed by atoms with Gasteiger partial charge in [0.25, 0.3) is 0 Å². The highest BCUT2D eigenvalue weighted by atomic mass is 16.1. The molecule has 16 heavy (non-hydrogen) atoms. The van der Waals surface area contributed by atoms with Crippen molar-refractivity contribution in [2.45, 2.75) is 46.0 Å². The van der Waals surface area contributed by atoms with Gasteiger partial charge in [0.1, 0.15) is 0 Å². The average Bonchev–Trinajstić information content (AvgIpc) is 2.52. The van der Waals surface area contributed by atoms with E-state index in [0.717, 1.165) is 19.5 Å². The molecule has 0 radical (unpaired) electrons. The number of carbonyl (C=O) groups is 1. The van der Waals surface area contributed by atoms with E-state index in [1.165, 1.54) is 38.8 Å². The number of nitrogens with zero attached hydrogens (tertiary/aromatic N) is 1. The molecule has 0 aromatic rings. The number of nitrogens with one attached hydrogen (secondary N) is 1. The number of carbonyl (C=O) groups excluding carboxylic acids is 1. The number of amides is 1. The monoisotopic (exact) mass is 226 g/mol. The maximum absolute atomic E-state index is 11.3. The van der Waals surface area contributed by atoms with Gasteiger partial charge < -0.3 is 10.2 Å². The molecular weight excluding hydrogens is 200 g/mol. The van der Waals surface area contributed by atoms with E-state index in [0.29, 0.717) is 0 Å². The molecule has 1 aliphatic heterocycles. The highest BCUT2D eigenvalue weighted by molar-refractivity contribution is 5.77. The molecule has 1 amide bonds. The van der Waals surface area contributed by atoms with Crippen molar-refractivity contribution >= 4 is 5.91 Å². The zero-order valence-corrected chi connectivity index (χ0v) is 10.8. The summed E-state index contributed by atoms with van der Waals surface area (Å²) in [7, 11) is 0. The van der Waals surface area contributed by atoms with Crippen LogP contribution in [0.4, 0.5) is 0 Å². The molecule has 0 bridgehead atoms. The van der Waals surface area contributed by atoms with Gasteiger partial charge in [0.15, 0.2) is 0 Å². The van der Waals surface area contributed by atoms with E-state index in [-0.39, 0.29) is 11.8 Å². The molecule has 1 saturated heterocycles. The summed E-state index contributed by atoms with van der Waals surface area (Å²) < 4.78 is 0. The van der Waals surface area contributed by atoms with E-state index in [2.05, 4.69) is 10.2 Å². The lowest BCUT2D eigenvalue weighted by Crippen LogP contribution is -2.32. The van der Waals surface area contributed by atoms with E-state index in [4.69, 9.17) is 0 Å². The van der Waals surface area contributed by atoms with Crippen molar-refractivity contribution in [3.05, 3.63) is 0 Å². The molecule has 1 heterocycles. The molecule has 0 aromatic carbocycles. The molecular formula is C13H26N2O. The van der Waals surface area contributed by atoms with Crippen molar-refractivity contribution in [2.75, 3.05) is 26.2 Å². The Morgan fingerprint density at radius 3 is 2.38 bits per heavy atom. The Morgan fingerprint density at radius 2 is 1.81 bits per heavy atom. The Morgan fingerprint density at radius 1 is 1.19 bits per heavy atom. The van der Waals surface area contributed by atoms with Gasteiger partial charge in [-0.15, -0.1) is 0 Å². The quantitative estimate of drug-likeness (QED) is 0.727. The molecule has 0 aromatic heterocycles. The van der Waals surface area contributed by atoms with Gasteiger partial charge in [-0.05, 0) is 38.9 Å². The van der Waals surface area contributed by atoms with E-state index < -0.39 is 0 Å². The van der Waals surface area contributed by atoms with Crippen LogP contribution in [0.5, 0.6) is 0 Å². The molecule has 0 saturated carbocycles. The van der Waals surface area contributed by atoms with Crippen LogP contribution < -0.4 is 5.32 Å². The summed E-state index contributed by atoms with van der Waals surface area (Å²) in [5.74, 6) is 0.286. The zero-order valence-electron chi connectivity index (χ0n) is 10.8. The third kappa shape index (κ3) is 5.50. The van der Waals surface area contributed by atoms with Gasteiger partial charge in [0.2, 0.25) is 5.91 Å². The van der Waals surface area contributed by atoms with Crippen LogP contribution in [0.1, 0.15) is 46.0 Å². The Hall–Kier alpha value is -0.570. The first kappa shape index (κ1) is 13.5. The van der Waals surface area contributed by atoms with Gasteiger partial charge in [-0.2, -0.15) is 0 Å². The van der Waals surface area contributed by atoms with Crippen LogP contribution in [-0.4, -0.2) is 37.0 Å². The van der Waals surface area contributed by atoms with Crippen molar-refractivity contribution in [1.29, 1.82) is 0 Å². The third-order valence-corrected chi connectivity index (χ3v) is 3.17. The second-order valence-corrected chi connectivity index (χ2v) is 5.06. The van der Waals surface area contributed by atoms with Gasteiger partial charge >= 0.3 is 0 Å². The van der Waals surface area contributed by atoms with Crippen molar-refractivity contribution in [1.82, 2.24) is 10.2 Å². The smallest absolute Gasteiger partial charge is 0.222 e. The number of hydrogen-bond donors (Lipinski definition) is 1. The lowest BCUT2D eigenvalue weighted by atomic mass is 10.2. The molecule has 1 fully saturated rings. The van der Waals surface area contributed by atoms with Crippen LogP contribution in [0, 0.1) is 5.92 Å². The Bertz CT molecular complexity index is 196. The standard InChI is InChI=1S/C13H26N2O/c1-12(2)13(16)14-8-7-11-15-9-5-3-4-6-10-15/h12H,3-11H2,1-2H3,(H,14,16). The Balaban J connectivity index is 2.03. The molecule has 3 heteroatoms. The van der Waals surface area contributed by atoms with Crippen LogP contribution in [0.3, 0.4) is 0 Å². The topological polar surface area (TPSA) is 32.3 Å². The summed E-state index contributed by atoms with van der Waals surface area (Å²) in [5.41, 5.74) is 0. The van der Waals surface area contributed by atoms with E-state index in [1.54, 1.807) is 0 Å². The summed E-state index contributed by atoms with van der Waals surface area (Å²) in [4.78, 5) is 13.9. The van der Waals surface area contributed by atoms with Crippen molar-refractivity contribution in [3.8, 4) is 0 Å². The summed E-state index contributed by atoms with van der Waals surface area (Å²) in [6.45, 7) is 8.33. The van der Waals surface area contributed by atoms with Crippen LogP contribution >= 0.6 is 0 Å². The summed E-state index contributed by atoms with van der Waals surface area (Å²) >= 11 is 0. The lowest BCUT2D eigenvalue weighted by Gasteiger charge is -2.19. The Labute approximate surface area is 99.6 Å². The fraction of sp³-hybridized carbons (Fsp3) is 0.923. The fourth-order valence-corrected chi connectivity index (χ4v) is 2.08. The zero-order chi connectivity index (χ0) is 11.8. The predicted molar refractivity (Wildman–Crippen MR) is 67.4 cm³/mol. The molecule has 1 N–H and O–H groups in total. The maximum atomic E-state index is 11.3. The molecule has 1 rings (SSSR count). The highest BCUT2D eigenvalue weighted by Crippen LogP contribution is 2.09. The first-order valence-electron chi connectivity index (χ1n) is 6.70. The van der Waals surface area contributed by atoms with Gasteiger partial charge in [-0.1, -0.05) is 26.7 Å². The fourth-order valence-electron chi connectivity index (χ4n) is 2.08. The Kier molecular flexibility index (Phi) is 6.46. The van der Waals surface area contributed by atoms with Crippen molar-refractivity contribution in [3.63, 3.8) is 0 Å². The molecule has 0 spiro atoms. The van der Waals surface area contributed by atoms with Crippen LogP contribution in [0.15, 0.2) is 0 Å². The molecule has 3 nitrogen and oxygen atoms in total. The normalized spacial score (nSPS) is 18.4. The minimum Gasteiger partial charge on any atom is -0.356 e. The summed E-state index contributed by atoms with van der Waals surface area (Å²) in [5, 5.41) is 2.97. The van der Waals surface area contributed by atoms with Gasteiger partial charge in [0, 0.05) is 12.5 Å². The average molecular weight is 226 g/mol. The summed E-state index contributed by atoms with van der Waals surface area (Å²) in [6, 6.07) is 0. The predicted octanol–water partition coefficient (Wildman–Crippen LogP) is 2.02. The summed E-state index contributed by atoms with van der Waals surface area (Å²) in [6.07, 6.45) is 6.55. The molecule has 0 aliphatic carbocycles. The van der Waals surface area contributed by atoms with Crippen LogP contribution in [0.25, 0.3) is 0 Å². The molecule has 0 unspecified atom stereocenters. The number of likely N-dealkylation sites (tertiary alicyclic amines) is 1. The molecule has 94 valence electrons. The number of hydrogen-bond acceptors (Lipinski definition) is 2. The van der Waals surface area contributed by atoms with Crippen LogP contribution in [-0.2, 0) is 4.79 Å². The SMILES string of the molecule is CC(C)C(=O)NCCCN1CCCCCC1. The van der Waals surface area contributed by atoms with Gasteiger partial charge in [-0.25, -0.2) is 0 Å². The second kappa shape index (κ2) is 7.66. The van der Waals surface area contributed by atoms with Gasteiger partial charge in [-0.3, -0.25) is 4.79 Å². The minimum absolute atomic E-state index is 0.109. The van der Waals surface area contributed by atoms with E-state index in [1.807, 2.05) is 13.8 Å². The second-order valence-electron chi connectivity index (χ2n) is 5.06. The van der Waals surface area contributed by atoms with Crippen LogP contribution in [0.2, 0.25) is 0 Å². The first-order valence-corrected chi connectivity index (χ1v) is 6.70. The first-order chi connectivity index (χ1) is 7.70. The van der Waals surface area contributed by atoms with Crippen molar-refractivity contribution in [2.24, 2.45) is 5.92 Å². The third-order valence-electron chi connectivity index (χ3n) is 3.17. The van der Waals surface area contributed by atoms with Gasteiger partial charge in [0.05, 0.1) is 0 Å².